The Morgan fingerprint density at radius 1 is 0.952 bits per heavy atom. The molecule has 0 fully saturated rings. The highest BCUT2D eigenvalue weighted by Crippen LogP contribution is 2.21. The maximum atomic E-state index is 11.0. The highest BCUT2D eigenvalue weighted by molar-refractivity contribution is 7.85. The van der Waals surface area contributed by atoms with Crippen LogP contribution in [0.2, 0.25) is 0 Å². The predicted molar refractivity (Wildman–Crippen MR) is 73.8 cm³/mol. The molecule has 108 valence electrons. The molecule has 0 saturated carbocycles. The minimum Gasteiger partial charge on any atom is -0.478 e. The molecule has 8 heteroatoms. The van der Waals surface area contributed by atoms with Crippen LogP contribution in [0.15, 0.2) is 63.7 Å². The van der Waals surface area contributed by atoms with E-state index in [1.165, 1.54) is 48.5 Å². The van der Waals surface area contributed by atoms with E-state index >= 15 is 0 Å². The summed E-state index contributed by atoms with van der Waals surface area (Å²) in [6.07, 6.45) is 0. The Labute approximate surface area is 120 Å². The summed E-state index contributed by atoms with van der Waals surface area (Å²) in [4.78, 5) is 10.4. The first-order chi connectivity index (χ1) is 9.86. The molecule has 0 unspecified atom stereocenters. The standard InChI is InChI=1S/C13H10N2O5S/c16-13(17)9-4-6-10(7-5-9)14-15-11-2-1-3-12(8-11)21(18,19)20/h1-8H,(H,16,17)(H,18,19,20). The molecule has 7 nitrogen and oxygen atoms in total. The molecule has 0 aliphatic heterocycles. The van der Waals surface area contributed by atoms with Crippen molar-refractivity contribution in [3.63, 3.8) is 0 Å². The van der Waals surface area contributed by atoms with Crippen LogP contribution in [-0.2, 0) is 10.1 Å². The molecule has 21 heavy (non-hydrogen) atoms. The first-order valence-corrected chi connectivity index (χ1v) is 7.13. The van der Waals surface area contributed by atoms with Gasteiger partial charge in [-0.2, -0.15) is 18.6 Å². The molecule has 0 aliphatic carbocycles. The molecular weight excluding hydrogens is 296 g/mol. The van der Waals surface area contributed by atoms with E-state index in [1.807, 2.05) is 0 Å². The average molecular weight is 306 g/mol. The van der Waals surface area contributed by atoms with Gasteiger partial charge < -0.3 is 5.11 Å². The summed E-state index contributed by atoms with van der Waals surface area (Å²) in [6, 6.07) is 11.0. The Bertz CT molecular complexity index is 798. The lowest BCUT2D eigenvalue weighted by molar-refractivity contribution is 0.0697. The number of hydrogen-bond donors (Lipinski definition) is 2. The number of rotatable bonds is 4. The van der Waals surface area contributed by atoms with Crippen LogP contribution in [0.3, 0.4) is 0 Å². The van der Waals surface area contributed by atoms with Crippen molar-refractivity contribution in [2.24, 2.45) is 10.2 Å². The summed E-state index contributed by atoms with van der Waals surface area (Å²) in [5, 5.41) is 16.4. The van der Waals surface area contributed by atoms with Gasteiger partial charge in [-0.15, -0.1) is 0 Å². The zero-order chi connectivity index (χ0) is 15.5. The van der Waals surface area contributed by atoms with Crippen LogP contribution in [0, 0.1) is 0 Å². The topological polar surface area (TPSA) is 116 Å². The van der Waals surface area contributed by atoms with Crippen molar-refractivity contribution in [1.29, 1.82) is 0 Å². The Kier molecular flexibility index (Phi) is 4.10. The van der Waals surface area contributed by atoms with Crippen molar-refractivity contribution >= 4 is 27.5 Å². The molecule has 0 saturated heterocycles. The lowest BCUT2D eigenvalue weighted by Gasteiger charge is -1.98. The van der Waals surface area contributed by atoms with Gasteiger partial charge in [-0.05, 0) is 42.5 Å². The van der Waals surface area contributed by atoms with E-state index in [-0.39, 0.29) is 16.1 Å². The Hall–Kier alpha value is -2.58. The fraction of sp³-hybridized carbons (Fsp3) is 0. The van der Waals surface area contributed by atoms with E-state index in [0.29, 0.717) is 5.69 Å². The lowest BCUT2D eigenvalue weighted by atomic mass is 10.2. The van der Waals surface area contributed by atoms with Gasteiger partial charge in [0, 0.05) is 0 Å². The number of carbonyl (C=O) groups is 1. The van der Waals surface area contributed by atoms with Crippen LogP contribution in [0.4, 0.5) is 11.4 Å². The van der Waals surface area contributed by atoms with Gasteiger partial charge in [0.1, 0.15) is 0 Å². The normalized spacial score (nSPS) is 11.7. The van der Waals surface area contributed by atoms with Crippen molar-refractivity contribution in [2.75, 3.05) is 0 Å². The molecule has 0 heterocycles. The number of carboxylic acid groups (broad SMARTS) is 1. The highest BCUT2D eigenvalue weighted by Gasteiger charge is 2.09. The van der Waals surface area contributed by atoms with Crippen LogP contribution in [0.5, 0.6) is 0 Å². The number of benzene rings is 2. The Balaban J connectivity index is 2.23. The third-order valence-corrected chi connectivity index (χ3v) is 3.36. The number of carboxylic acids is 1. The van der Waals surface area contributed by atoms with Crippen molar-refractivity contribution < 1.29 is 22.9 Å². The number of hydrogen-bond acceptors (Lipinski definition) is 5. The quantitative estimate of drug-likeness (QED) is 0.665. The summed E-state index contributed by atoms with van der Waals surface area (Å²) < 4.78 is 30.9. The summed E-state index contributed by atoms with van der Waals surface area (Å²) in [5.41, 5.74) is 0.784. The van der Waals surface area contributed by atoms with E-state index in [4.69, 9.17) is 9.66 Å². The van der Waals surface area contributed by atoms with Crippen LogP contribution >= 0.6 is 0 Å². The van der Waals surface area contributed by atoms with Crippen molar-refractivity contribution in [3.8, 4) is 0 Å². The zero-order valence-electron chi connectivity index (χ0n) is 10.5. The van der Waals surface area contributed by atoms with E-state index in [0.717, 1.165) is 0 Å². The monoisotopic (exact) mass is 306 g/mol. The largest absolute Gasteiger partial charge is 0.478 e. The molecule has 0 bridgehead atoms. The zero-order valence-corrected chi connectivity index (χ0v) is 11.4. The van der Waals surface area contributed by atoms with Crippen LogP contribution in [0.1, 0.15) is 10.4 Å². The summed E-state index contributed by atoms with van der Waals surface area (Å²) in [6.45, 7) is 0. The van der Waals surface area contributed by atoms with Crippen LogP contribution in [-0.4, -0.2) is 24.0 Å². The third kappa shape index (κ3) is 3.94. The van der Waals surface area contributed by atoms with Gasteiger partial charge in [-0.3, -0.25) is 4.55 Å². The summed E-state index contributed by atoms with van der Waals surface area (Å²) >= 11 is 0. The van der Waals surface area contributed by atoms with Crippen molar-refractivity contribution in [2.45, 2.75) is 4.90 Å². The molecule has 2 N–H and O–H groups in total. The van der Waals surface area contributed by atoms with Gasteiger partial charge >= 0.3 is 5.97 Å². The maximum Gasteiger partial charge on any atom is 0.335 e. The van der Waals surface area contributed by atoms with E-state index in [1.54, 1.807) is 0 Å². The third-order valence-electron chi connectivity index (χ3n) is 2.51. The Morgan fingerprint density at radius 3 is 2.14 bits per heavy atom. The molecule has 2 aromatic rings. The molecule has 2 rings (SSSR count). The van der Waals surface area contributed by atoms with Gasteiger partial charge in [-0.25, -0.2) is 4.79 Å². The maximum absolute atomic E-state index is 11.0. The molecule has 0 atom stereocenters. The van der Waals surface area contributed by atoms with E-state index in [9.17, 15) is 13.2 Å². The first kappa shape index (κ1) is 14.8. The van der Waals surface area contributed by atoms with Gasteiger partial charge in [0.25, 0.3) is 10.1 Å². The van der Waals surface area contributed by atoms with Crippen LogP contribution in [0.25, 0.3) is 0 Å². The van der Waals surface area contributed by atoms with Gasteiger partial charge in [0.05, 0.1) is 21.8 Å². The summed E-state index contributed by atoms with van der Waals surface area (Å²) in [5.74, 6) is -1.04. The number of nitrogens with zero attached hydrogens (tertiary/aromatic N) is 2. The number of aromatic carboxylic acids is 1. The molecule has 0 aromatic heterocycles. The summed E-state index contributed by atoms with van der Waals surface area (Å²) in [7, 11) is -4.29. The molecule has 0 spiro atoms. The second-order valence-electron chi connectivity index (χ2n) is 4.02. The lowest BCUT2D eigenvalue weighted by Crippen LogP contribution is -1.96. The fourth-order valence-electron chi connectivity index (χ4n) is 1.49. The molecule has 0 aliphatic rings. The predicted octanol–water partition coefficient (Wildman–Crippen LogP) is 3.05. The van der Waals surface area contributed by atoms with E-state index < -0.39 is 16.1 Å². The Morgan fingerprint density at radius 2 is 1.57 bits per heavy atom. The smallest absolute Gasteiger partial charge is 0.335 e. The van der Waals surface area contributed by atoms with Gasteiger partial charge in [0.15, 0.2) is 0 Å². The van der Waals surface area contributed by atoms with Crippen molar-refractivity contribution in [1.82, 2.24) is 0 Å². The SMILES string of the molecule is O=C(O)c1ccc(N=Nc2cccc(S(=O)(=O)O)c2)cc1. The molecular formula is C13H10N2O5S. The highest BCUT2D eigenvalue weighted by atomic mass is 32.2. The first-order valence-electron chi connectivity index (χ1n) is 5.69. The fourth-order valence-corrected chi connectivity index (χ4v) is 2.01. The minimum atomic E-state index is -4.29. The minimum absolute atomic E-state index is 0.127. The van der Waals surface area contributed by atoms with Crippen molar-refractivity contribution in [3.05, 3.63) is 54.1 Å². The number of azo groups is 1. The van der Waals surface area contributed by atoms with Crippen LogP contribution < -0.4 is 0 Å². The second kappa shape index (κ2) is 5.81. The van der Waals surface area contributed by atoms with Gasteiger partial charge in [-0.1, -0.05) is 6.07 Å². The average Bonchev–Trinajstić information content (AvgIpc) is 2.45. The van der Waals surface area contributed by atoms with E-state index in [2.05, 4.69) is 10.2 Å². The molecule has 0 radical (unpaired) electrons. The second-order valence-corrected chi connectivity index (χ2v) is 5.45. The molecule has 0 amide bonds. The molecule has 2 aromatic carbocycles. The van der Waals surface area contributed by atoms with Gasteiger partial charge in [0.2, 0.25) is 0 Å².